The van der Waals surface area contributed by atoms with Gasteiger partial charge >= 0.3 is 6.18 Å². The molecule has 1 amide bonds. The number of halogens is 4. The highest BCUT2D eigenvalue weighted by atomic mass is 35.5. The van der Waals surface area contributed by atoms with Crippen molar-refractivity contribution in [1.82, 2.24) is 19.6 Å². The predicted molar refractivity (Wildman–Crippen MR) is 128 cm³/mol. The van der Waals surface area contributed by atoms with Gasteiger partial charge in [-0.2, -0.15) is 13.2 Å². The van der Waals surface area contributed by atoms with Crippen molar-refractivity contribution in [1.29, 1.82) is 0 Å². The quantitative estimate of drug-likeness (QED) is 0.406. The molecular weight excluding hydrogens is 499 g/mol. The molecule has 0 aliphatic carbocycles. The van der Waals surface area contributed by atoms with Gasteiger partial charge < -0.3 is 15.0 Å². The summed E-state index contributed by atoms with van der Waals surface area (Å²) in [6.07, 6.45) is -4.56. The number of aryl methyl sites for hydroxylation is 1. The number of benzene rings is 2. The summed E-state index contributed by atoms with van der Waals surface area (Å²) in [7, 11) is 0. The SMILES string of the molecule is Cc1cc(=O)c2nn(-c3ccc(C(C)(C)O)cc3)nc2n1CC(=O)Nc1ccc(C(F)(F)F)cc1Cl. The van der Waals surface area contributed by atoms with Crippen molar-refractivity contribution in [2.75, 3.05) is 5.32 Å². The summed E-state index contributed by atoms with van der Waals surface area (Å²) >= 11 is 5.94. The summed E-state index contributed by atoms with van der Waals surface area (Å²) in [4.78, 5) is 26.5. The Balaban J connectivity index is 1.64. The Morgan fingerprint density at radius 1 is 1.06 bits per heavy atom. The van der Waals surface area contributed by atoms with Crippen LogP contribution in [0.25, 0.3) is 16.9 Å². The van der Waals surface area contributed by atoms with E-state index in [2.05, 4.69) is 15.5 Å². The van der Waals surface area contributed by atoms with Crippen molar-refractivity contribution >= 4 is 34.4 Å². The molecule has 0 unspecified atom stereocenters. The Morgan fingerprint density at radius 2 is 1.69 bits per heavy atom. The van der Waals surface area contributed by atoms with Gasteiger partial charge in [0, 0.05) is 11.8 Å². The molecular formula is C24H21ClF3N5O3. The number of hydrogen-bond acceptors (Lipinski definition) is 5. The highest BCUT2D eigenvalue weighted by molar-refractivity contribution is 6.33. The molecule has 188 valence electrons. The standard InChI is InChI=1S/C24H21ClF3N5O3/c1-13-10-19(34)21-22(31-33(30-21)16-7-4-14(5-8-16)23(2,3)36)32(13)12-20(35)29-18-9-6-15(11-17(18)25)24(26,27)28/h4-11,36H,12H2,1-3H3,(H,29,35). The van der Waals surface area contributed by atoms with E-state index in [1.807, 2.05) is 0 Å². The Labute approximate surface area is 207 Å². The highest BCUT2D eigenvalue weighted by Crippen LogP contribution is 2.33. The third-order valence-electron chi connectivity index (χ3n) is 5.53. The Bertz CT molecular complexity index is 1520. The third-order valence-corrected chi connectivity index (χ3v) is 5.84. The fourth-order valence-electron chi connectivity index (χ4n) is 3.59. The lowest BCUT2D eigenvalue weighted by molar-refractivity contribution is -0.137. The van der Waals surface area contributed by atoms with Crippen LogP contribution in [0.15, 0.2) is 53.3 Å². The van der Waals surface area contributed by atoms with Gasteiger partial charge in [0.05, 0.1) is 27.6 Å². The van der Waals surface area contributed by atoms with Crippen molar-refractivity contribution in [2.24, 2.45) is 0 Å². The smallest absolute Gasteiger partial charge is 0.386 e. The molecule has 36 heavy (non-hydrogen) atoms. The number of fused-ring (bicyclic) bond motifs is 1. The largest absolute Gasteiger partial charge is 0.416 e. The van der Waals surface area contributed by atoms with E-state index >= 15 is 0 Å². The minimum absolute atomic E-state index is 0.0140. The summed E-state index contributed by atoms with van der Waals surface area (Å²) < 4.78 is 40.1. The Morgan fingerprint density at radius 3 is 2.28 bits per heavy atom. The molecule has 0 aliphatic heterocycles. The summed E-state index contributed by atoms with van der Waals surface area (Å²) in [5, 5.41) is 21.0. The number of amides is 1. The van der Waals surface area contributed by atoms with Gasteiger partial charge in [-0.1, -0.05) is 23.7 Å². The van der Waals surface area contributed by atoms with Crippen molar-refractivity contribution < 1.29 is 23.1 Å². The van der Waals surface area contributed by atoms with Gasteiger partial charge in [0.25, 0.3) is 0 Å². The van der Waals surface area contributed by atoms with Crippen LogP contribution < -0.4 is 10.7 Å². The minimum atomic E-state index is -4.56. The van der Waals surface area contributed by atoms with E-state index in [4.69, 9.17) is 11.6 Å². The second-order valence-corrected chi connectivity index (χ2v) is 9.15. The van der Waals surface area contributed by atoms with E-state index in [1.165, 1.54) is 15.4 Å². The first-order chi connectivity index (χ1) is 16.7. The minimum Gasteiger partial charge on any atom is -0.386 e. The van der Waals surface area contributed by atoms with Gasteiger partial charge in [0.15, 0.2) is 11.2 Å². The van der Waals surface area contributed by atoms with Crippen LogP contribution in [0.3, 0.4) is 0 Å². The van der Waals surface area contributed by atoms with E-state index < -0.39 is 23.2 Å². The molecule has 0 saturated heterocycles. The van der Waals surface area contributed by atoms with Crippen LogP contribution in [0.2, 0.25) is 5.02 Å². The molecule has 2 heterocycles. The maximum absolute atomic E-state index is 12.9. The number of anilines is 1. The molecule has 4 aromatic rings. The Hall–Kier alpha value is -3.70. The van der Waals surface area contributed by atoms with Crippen molar-refractivity contribution in [3.05, 3.63) is 80.6 Å². The zero-order valence-corrected chi connectivity index (χ0v) is 20.1. The van der Waals surface area contributed by atoms with Crippen LogP contribution in [-0.4, -0.2) is 30.6 Å². The van der Waals surface area contributed by atoms with E-state index in [9.17, 15) is 27.9 Å². The van der Waals surface area contributed by atoms with E-state index in [1.54, 1.807) is 45.0 Å². The first kappa shape index (κ1) is 25.4. The number of alkyl halides is 3. The maximum Gasteiger partial charge on any atom is 0.416 e. The number of hydrogen-bond donors (Lipinski definition) is 2. The molecule has 2 N–H and O–H groups in total. The van der Waals surface area contributed by atoms with Crippen molar-refractivity contribution in [3.63, 3.8) is 0 Å². The molecule has 2 aromatic heterocycles. The normalized spacial score (nSPS) is 12.2. The molecule has 0 spiro atoms. The molecule has 0 bridgehead atoms. The van der Waals surface area contributed by atoms with Gasteiger partial charge in [-0.3, -0.25) is 9.59 Å². The molecule has 0 fully saturated rings. The second-order valence-electron chi connectivity index (χ2n) is 8.74. The molecule has 8 nitrogen and oxygen atoms in total. The fourth-order valence-corrected chi connectivity index (χ4v) is 3.81. The van der Waals surface area contributed by atoms with Crippen molar-refractivity contribution in [3.8, 4) is 5.69 Å². The zero-order chi connectivity index (χ0) is 26.4. The monoisotopic (exact) mass is 519 g/mol. The fraction of sp³-hybridized carbons (Fsp3) is 0.250. The third kappa shape index (κ3) is 5.12. The lowest BCUT2D eigenvalue weighted by Gasteiger charge is -2.17. The number of nitrogens with one attached hydrogen (secondary N) is 1. The summed E-state index contributed by atoms with van der Waals surface area (Å²) in [6.45, 7) is 4.63. The average Bonchev–Trinajstić information content (AvgIpc) is 3.23. The lowest BCUT2D eigenvalue weighted by Crippen LogP contribution is -2.22. The van der Waals surface area contributed by atoms with Crippen LogP contribution in [0.5, 0.6) is 0 Å². The predicted octanol–water partition coefficient (Wildman–Crippen LogP) is 4.43. The molecule has 0 atom stereocenters. The van der Waals surface area contributed by atoms with Gasteiger partial charge in [-0.05, 0) is 56.7 Å². The number of aliphatic hydroxyl groups is 1. The number of aromatic nitrogens is 4. The summed E-state index contributed by atoms with van der Waals surface area (Å²) in [5.74, 6) is -0.589. The number of nitrogens with zero attached hydrogens (tertiary/aromatic N) is 4. The summed E-state index contributed by atoms with van der Waals surface area (Å²) in [6, 6.07) is 10.7. The van der Waals surface area contributed by atoms with Crippen LogP contribution in [0, 0.1) is 6.92 Å². The molecule has 0 radical (unpaired) electrons. The molecule has 0 saturated carbocycles. The number of carbonyl (C=O) groups excluding carboxylic acids is 1. The van der Waals surface area contributed by atoms with Gasteiger partial charge in [-0.15, -0.1) is 15.0 Å². The number of rotatable bonds is 5. The summed E-state index contributed by atoms with van der Waals surface area (Å²) in [5.41, 5.74) is -0.508. The topological polar surface area (TPSA) is 102 Å². The van der Waals surface area contributed by atoms with Crippen LogP contribution in [0.4, 0.5) is 18.9 Å². The zero-order valence-electron chi connectivity index (χ0n) is 19.4. The molecule has 4 rings (SSSR count). The van der Waals surface area contributed by atoms with Crippen molar-refractivity contribution in [2.45, 2.75) is 39.1 Å². The van der Waals surface area contributed by atoms with E-state index in [0.717, 1.165) is 18.2 Å². The molecule has 2 aromatic carbocycles. The van der Waals surface area contributed by atoms with Gasteiger partial charge in [-0.25, -0.2) is 0 Å². The van der Waals surface area contributed by atoms with Gasteiger partial charge in [0.2, 0.25) is 11.3 Å². The second kappa shape index (κ2) is 9.07. The van der Waals surface area contributed by atoms with E-state index in [0.29, 0.717) is 16.9 Å². The number of pyridine rings is 1. The average molecular weight is 520 g/mol. The Kier molecular flexibility index (Phi) is 6.40. The molecule has 0 aliphatic rings. The highest BCUT2D eigenvalue weighted by Gasteiger charge is 2.31. The van der Waals surface area contributed by atoms with Crippen LogP contribution in [-0.2, 0) is 23.1 Å². The van der Waals surface area contributed by atoms with E-state index in [-0.39, 0.29) is 33.8 Å². The molecule has 12 heteroatoms. The van der Waals surface area contributed by atoms with Gasteiger partial charge in [0.1, 0.15) is 6.54 Å². The van der Waals surface area contributed by atoms with Crippen LogP contribution in [0.1, 0.15) is 30.7 Å². The van der Waals surface area contributed by atoms with Crippen LogP contribution >= 0.6 is 11.6 Å². The number of carbonyl (C=O) groups is 1. The first-order valence-electron chi connectivity index (χ1n) is 10.7. The first-order valence-corrected chi connectivity index (χ1v) is 11.1. The lowest BCUT2D eigenvalue weighted by atomic mass is 9.98. The maximum atomic E-state index is 12.9.